The Kier molecular flexibility index (Phi) is 3.74. The average molecular weight is 319 g/mol. The summed E-state index contributed by atoms with van der Waals surface area (Å²) in [7, 11) is 0. The van der Waals surface area contributed by atoms with Crippen LogP contribution in [0.3, 0.4) is 0 Å². The molecule has 0 aliphatic heterocycles. The van der Waals surface area contributed by atoms with Crippen LogP contribution in [0.25, 0.3) is 11.3 Å². The van der Waals surface area contributed by atoms with Crippen molar-refractivity contribution < 1.29 is 0 Å². The highest BCUT2D eigenvalue weighted by Crippen LogP contribution is 2.34. The van der Waals surface area contributed by atoms with Gasteiger partial charge in [0.25, 0.3) is 0 Å². The Hall–Kier alpha value is -1.09. The largest absolute Gasteiger partial charge is 0.282 e. The third kappa shape index (κ3) is 2.62. The normalized spacial score (nSPS) is 18.3. The van der Waals surface area contributed by atoms with Gasteiger partial charge in [0.1, 0.15) is 0 Å². The number of H-pyrrole nitrogens is 1. The van der Waals surface area contributed by atoms with E-state index >= 15 is 0 Å². The van der Waals surface area contributed by atoms with Crippen LogP contribution in [-0.4, -0.2) is 10.2 Å². The molecule has 0 spiro atoms. The zero-order valence-electron chi connectivity index (χ0n) is 11.2. The smallest absolute Gasteiger partial charge is 0.0955 e. The van der Waals surface area contributed by atoms with E-state index < -0.39 is 0 Å². The molecule has 1 aliphatic carbocycles. The summed E-state index contributed by atoms with van der Waals surface area (Å²) in [5, 5.41) is 7.80. The van der Waals surface area contributed by atoms with Gasteiger partial charge in [0.05, 0.1) is 5.69 Å². The number of nitrogens with zero attached hydrogens (tertiary/aromatic N) is 1. The lowest BCUT2D eigenvalue weighted by Crippen LogP contribution is -2.13. The van der Waals surface area contributed by atoms with Crippen molar-refractivity contribution in [2.24, 2.45) is 5.92 Å². The van der Waals surface area contributed by atoms with Gasteiger partial charge in [0.15, 0.2) is 0 Å². The predicted molar refractivity (Wildman–Crippen MR) is 82.1 cm³/mol. The Bertz CT molecular complexity index is 574. The SMILES string of the molecule is CCCC1CCc2[nH]nc(-c3cccc(Br)c3)c2C1. The summed E-state index contributed by atoms with van der Waals surface area (Å²) in [6.07, 6.45) is 6.26. The topological polar surface area (TPSA) is 28.7 Å². The van der Waals surface area contributed by atoms with E-state index in [1.807, 2.05) is 0 Å². The zero-order valence-corrected chi connectivity index (χ0v) is 12.8. The summed E-state index contributed by atoms with van der Waals surface area (Å²) >= 11 is 3.54. The first-order valence-corrected chi connectivity index (χ1v) is 7.89. The lowest BCUT2D eigenvalue weighted by atomic mass is 9.83. The molecule has 1 aromatic heterocycles. The summed E-state index contributed by atoms with van der Waals surface area (Å²) in [6, 6.07) is 8.43. The van der Waals surface area contributed by atoms with E-state index in [0.29, 0.717) is 0 Å². The fourth-order valence-corrected chi connectivity index (χ4v) is 3.50. The van der Waals surface area contributed by atoms with Crippen LogP contribution in [0.4, 0.5) is 0 Å². The van der Waals surface area contributed by atoms with Crippen molar-refractivity contribution in [1.29, 1.82) is 0 Å². The lowest BCUT2D eigenvalue weighted by molar-refractivity contribution is 0.421. The number of rotatable bonds is 3. The summed E-state index contributed by atoms with van der Waals surface area (Å²) in [5.41, 5.74) is 5.16. The van der Waals surface area contributed by atoms with Crippen molar-refractivity contribution in [1.82, 2.24) is 10.2 Å². The van der Waals surface area contributed by atoms with Crippen molar-refractivity contribution in [2.75, 3.05) is 0 Å². The Balaban J connectivity index is 1.95. The first-order chi connectivity index (χ1) is 9.28. The second-order valence-corrected chi connectivity index (χ2v) is 6.35. The molecule has 1 aliphatic rings. The van der Waals surface area contributed by atoms with Gasteiger partial charge >= 0.3 is 0 Å². The second-order valence-electron chi connectivity index (χ2n) is 5.44. The number of hydrogen-bond donors (Lipinski definition) is 1. The molecule has 1 heterocycles. The molecule has 19 heavy (non-hydrogen) atoms. The standard InChI is InChI=1S/C16H19BrN2/c1-2-4-11-7-8-15-14(9-11)16(19-18-15)12-5-3-6-13(17)10-12/h3,5-6,10-11H,2,4,7-9H2,1H3,(H,18,19). The fourth-order valence-electron chi connectivity index (χ4n) is 3.10. The highest BCUT2D eigenvalue weighted by atomic mass is 79.9. The van der Waals surface area contributed by atoms with E-state index in [9.17, 15) is 0 Å². The first kappa shape index (κ1) is 12.9. The zero-order chi connectivity index (χ0) is 13.2. The van der Waals surface area contributed by atoms with E-state index in [-0.39, 0.29) is 0 Å². The third-order valence-electron chi connectivity index (χ3n) is 4.04. The number of nitrogens with one attached hydrogen (secondary N) is 1. The molecule has 1 N–H and O–H groups in total. The Morgan fingerprint density at radius 1 is 1.42 bits per heavy atom. The first-order valence-electron chi connectivity index (χ1n) is 7.10. The minimum absolute atomic E-state index is 0.834. The van der Waals surface area contributed by atoms with Crippen LogP contribution in [0, 0.1) is 5.92 Å². The predicted octanol–water partition coefficient (Wildman–Crippen LogP) is 4.74. The second kappa shape index (κ2) is 5.49. The molecule has 0 fully saturated rings. The molecule has 2 nitrogen and oxygen atoms in total. The van der Waals surface area contributed by atoms with Gasteiger partial charge in [-0.2, -0.15) is 5.10 Å². The van der Waals surface area contributed by atoms with Crippen molar-refractivity contribution in [2.45, 2.75) is 39.0 Å². The molecule has 1 unspecified atom stereocenters. The molecule has 1 aromatic carbocycles. The van der Waals surface area contributed by atoms with Gasteiger partial charge < -0.3 is 0 Å². The Morgan fingerprint density at radius 3 is 3.11 bits per heavy atom. The lowest BCUT2D eigenvalue weighted by Gasteiger charge is -2.21. The van der Waals surface area contributed by atoms with Crippen LogP contribution in [0.1, 0.15) is 37.4 Å². The maximum atomic E-state index is 4.56. The number of benzene rings is 1. The monoisotopic (exact) mass is 318 g/mol. The van der Waals surface area contributed by atoms with E-state index in [2.05, 4.69) is 57.3 Å². The van der Waals surface area contributed by atoms with Crippen LogP contribution >= 0.6 is 15.9 Å². The molecule has 0 amide bonds. The molecule has 0 bridgehead atoms. The fraction of sp³-hybridized carbons (Fsp3) is 0.438. The quantitative estimate of drug-likeness (QED) is 0.869. The number of aromatic amines is 1. The Labute approximate surface area is 122 Å². The van der Waals surface area contributed by atoms with Gasteiger partial charge in [-0.05, 0) is 37.3 Å². The minimum Gasteiger partial charge on any atom is -0.282 e. The van der Waals surface area contributed by atoms with Crippen LogP contribution < -0.4 is 0 Å². The van der Waals surface area contributed by atoms with Gasteiger partial charge in [0, 0.05) is 21.3 Å². The summed E-state index contributed by atoms with van der Waals surface area (Å²) in [5.74, 6) is 0.834. The molecule has 1 atom stereocenters. The van der Waals surface area contributed by atoms with E-state index in [0.717, 1.165) is 22.5 Å². The molecule has 0 saturated carbocycles. The molecule has 2 aromatic rings. The Morgan fingerprint density at radius 2 is 2.32 bits per heavy atom. The van der Waals surface area contributed by atoms with Crippen molar-refractivity contribution in [3.8, 4) is 11.3 Å². The van der Waals surface area contributed by atoms with E-state index in [1.54, 1.807) is 0 Å². The van der Waals surface area contributed by atoms with Crippen LogP contribution in [0.15, 0.2) is 28.7 Å². The summed E-state index contributed by atoms with van der Waals surface area (Å²) < 4.78 is 1.11. The molecule has 3 heteroatoms. The molecule has 0 saturated heterocycles. The molecular formula is C16H19BrN2. The number of halogens is 1. The van der Waals surface area contributed by atoms with Gasteiger partial charge in [-0.3, -0.25) is 5.10 Å². The number of hydrogen-bond acceptors (Lipinski definition) is 1. The third-order valence-corrected chi connectivity index (χ3v) is 4.54. The highest BCUT2D eigenvalue weighted by Gasteiger charge is 2.23. The minimum atomic E-state index is 0.834. The molecular weight excluding hydrogens is 300 g/mol. The van der Waals surface area contributed by atoms with Crippen molar-refractivity contribution in [3.63, 3.8) is 0 Å². The van der Waals surface area contributed by atoms with Crippen LogP contribution in [0.2, 0.25) is 0 Å². The van der Waals surface area contributed by atoms with Gasteiger partial charge in [-0.15, -0.1) is 0 Å². The van der Waals surface area contributed by atoms with Crippen LogP contribution in [0.5, 0.6) is 0 Å². The number of aromatic nitrogens is 2. The van der Waals surface area contributed by atoms with Gasteiger partial charge in [-0.1, -0.05) is 47.8 Å². The molecule has 0 radical (unpaired) electrons. The van der Waals surface area contributed by atoms with Crippen molar-refractivity contribution in [3.05, 3.63) is 40.0 Å². The van der Waals surface area contributed by atoms with Gasteiger partial charge in [-0.25, -0.2) is 0 Å². The van der Waals surface area contributed by atoms with Gasteiger partial charge in [0.2, 0.25) is 0 Å². The maximum absolute atomic E-state index is 4.56. The highest BCUT2D eigenvalue weighted by molar-refractivity contribution is 9.10. The number of aryl methyl sites for hydroxylation is 1. The van der Waals surface area contributed by atoms with Crippen molar-refractivity contribution >= 4 is 15.9 Å². The van der Waals surface area contributed by atoms with Crippen LogP contribution in [-0.2, 0) is 12.8 Å². The molecule has 3 rings (SSSR count). The average Bonchev–Trinajstić information content (AvgIpc) is 2.82. The molecule has 100 valence electrons. The van der Waals surface area contributed by atoms with E-state index in [1.165, 1.54) is 42.5 Å². The summed E-state index contributed by atoms with van der Waals surface area (Å²) in [4.78, 5) is 0. The maximum Gasteiger partial charge on any atom is 0.0955 e. The summed E-state index contributed by atoms with van der Waals surface area (Å²) in [6.45, 7) is 2.28. The number of fused-ring (bicyclic) bond motifs is 1. The van der Waals surface area contributed by atoms with E-state index in [4.69, 9.17) is 0 Å².